The number of ether oxygens (including phenoxy) is 3. The van der Waals surface area contributed by atoms with E-state index in [0.29, 0.717) is 18.1 Å². The molecule has 6 heteroatoms. The first-order valence-corrected chi connectivity index (χ1v) is 12.2. The lowest BCUT2D eigenvalue weighted by Crippen LogP contribution is -2.33. The van der Waals surface area contributed by atoms with Crippen LogP contribution in [-0.2, 0) is 6.61 Å². The molecular formula is C28H24N2O3S. The maximum atomic E-state index is 6.49. The molecule has 0 spiro atoms. The third kappa shape index (κ3) is 3.80. The van der Waals surface area contributed by atoms with E-state index in [9.17, 15) is 0 Å². The van der Waals surface area contributed by atoms with Crippen LogP contribution in [0.5, 0.6) is 17.2 Å². The number of benzene rings is 3. The van der Waals surface area contributed by atoms with Gasteiger partial charge in [-0.25, -0.2) is 5.01 Å². The molecule has 2 aliphatic heterocycles. The predicted molar refractivity (Wildman–Crippen MR) is 134 cm³/mol. The minimum absolute atomic E-state index is 0.132. The summed E-state index contributed by atoms with van der Waals surface area (Å²) in [5.74, 6) is 2.28. The first-order chi connectivity index (χ1) is 16.8. The van der Waals surface area contributed by atoms with Crippen molar-refractivity contribution in [1.82, 2.24) is 5.01 Å². The number of hydrogen-bond acceptors (Lipinski definition) is 6. The van der Waals surface area contributed by atoms with Crippen LogP contribution in [0.15, 0.2) is 95.4 Å². The van der Waals surface area contributed by atoms with Gasteiger partial charge in [-0.05, 0) is 41.3 Å². The van der Waals surface area contributed by atoms with Gasteiger partial charge in [0.2, 0.25) is 6.23 Å². The molecule has 2 aliphatic rings. The second kappa shape index (κ2) is 8.88. The highest BCUT2D eigenvalue weighted by Gasteiger charge is 2.41. The van der Waals surface area contributed by atoms with Gasteiger partial charge in [-0.15, -0.1) is 11.3 Å². The third-order valence-corrected chi connectivity index (χ3v) is 7.13. The molecule has 4 aromatic rings. The molecule has 0 amide bonds. The molecule has 1 aromatic heterocycles. The van der Waals surface area contributed by atoms with Crippen LogP contribution in [-0.4, -0.2) is 17.8 Å². The van der Waals surface area contributed by atoms with E-state index in [1.807, 2.05) is 60.7 Å². The maximum Gasteiger partial charge on any atom is 0.214 e. The first kappa shape index (κ1) is 20.8. The summed E-state index contributed by atoms with van der Waals surface area (Å²) in [5.41, 5.74) is 4.35. The van der Waals surface area contributed by atoms with E-state index in [1.54, 1.807) is 18.4 Å². The molecule has 0 N–H and O–H groups in total. The van der Waals surface area contributed by atoms with E-state index in [0.717, 1.165) is 29.0 Å². The number of hydrazone groups is 1. The van der Waals surface area contributed by atoms with Crippen LogP contribution in [0.4, 0.5) is 0 Å². The molecule has 5 nitrogen and oxygen atoms in total. The van der Waals surface area contributed by atoms with Gasteiger partial charge in [0.05, 0.1) is 23.7 Å². The molecule has 0 radical (unpaired) electrons. The van der Waals surface area contributed by atoms with Crippen LogP contribution in [0, 0.1) is 0 Å². The first-order valence-electron chi connectivity index (χ1n) is 11.3. The fourth-order valence-electron chi connectivity index (χ4n) is 4.54. The summed E-state index contributed by atoms with van der Waals surface area (Å²) in [5, 5.41) is 9.21. The number of nitrogens with zero attached hydrogens (tertiary/aromatic N) is 2. The summed E-state index contributed by atoms with van der Waals surface area (Å²) in [4.78, 5) is 1.20. The van der Waals surface area contributed by atoms with E-state index in [4.69, 9.17) is 19.3 Å². The summed E-state index contributed by atoms with van der Waals surface area (Å²) in [6.45, 7) is 0.479. The second-order valence-electron chi connectivity index (χ2n) is 8.32. The summed E-state index contributed by atoms with van der Waals surface area (Å²) in [7, 11) is 1.66. The van der Waals surface area contributed by atoms with Crippen LogP contribution < -0.4 is 14.2 Å². The topological polar surface area (TPSA) is 43.3 Å². The molecule has 170 valence electrons. The summed E-state index contributed by atoms with van der Waals surface area (Å²) < 4.78 is 18.2. The monoisotopic (exact) mass is 468 g/mol. The van der Waals surface area contributed by atoms with Gasteiger partial charge in [0.15, 0.2) is 11.5 Å². The molecule has 0 saturated carbocycles. The minimum Gasteiger partial charge on any atom is -0.493 e. The highest BCUT2D eigenvalue weighted by atomic mass is 32.1. The molecule has 0 fully saturated rings. The average Bonchev–Trinajstić information content (AvgIpc) is 3.58. The molecule has 2 atom stereocenters. The van der Waals surface area contributed by atoms with Crippen LogP contribution in [0.25, 0.3) is 0 Å². The Morgan fingerprint density at radius 3 is 2.65 bits per heavy atom. The maximum absolute atomic E-state index is 6.49. The fraction of sp³-hybridized carbons (Fsp3) is 0.179. The number of fused-ring (bicyclic) bond motifs is 3. The van der Waals surface area contributed by atoms with Gasteiger partial charge in [0, 0.05) is 17.5 Å². The van der Waals surface area contributed by atoms with Crippen molar-refractivity contribution in [1.29, 1.82) is 0 Å². The van der Waals surface area contributed by atoms with Crippen LogP contribution in [0.3, 0.4) is 0 Å². The molecular weight excluding hydrogens is 444 g/mol. The molecule has 0 unspecified atom stereocenters. The molecule has 0 saturated heterocycles. The van der Waals surface area contributed by atoms with Crippen molar-refractivity contribution in [2.45, 2.75) is 25.3 Å². The van der Waals surface area contributed by atoms with Gasteiger partial charge in [-0.2, -0.15) is 5.10 Å². The Bertz CT molecular complexity index is 1320. The van der Waals surface area contributed by atoms with Crippen molar-refractivity contribution in [3.05, 3.63) is 112 Å². The Morgan fingerprint density at radius 2 is 1.82 bits per heavy atom. The Balaban J connectivity index is 1.33. The summed E-state index contributed by atoms with van der Waals surface area (Å²) in [6, 6.07) is 28.7. The van der Waals surface area contributed by atoms with Crippen molar-refractivity contribution in [3.63, 3.8) is 0 Å². The zero-order valence-electron chi connectivity index (χ0n) is 18.8. The van der Waals surface area contributed by atoms with Crippen LogP contribution in [0.2, 0.25) is 0 Å². The van der Waals surface area contributed by atoms with Gasteiger partial charge in [-0.3, -0.25) is 0 Å². The highest BCUT2D eigenvalue weighted by Crippen LogP contribution is 2.48. The van der Waals surface area contributed by atoms with E-state index >= 15 is 0 Å². The van der Waals surface area contributed by atoms with E-state index in [2.05, 4.69) is 34.7 Å². The van der Waals surface area contributed by atoms with Gasteiger partial charge >= 0.3 is 0 Å². The predicted octanol–water partition coefficient (Wildman–Crippen LogP) is 6.58. The van der Waals surface area contributed by atoms with E-state index in [1.165, 1.54) is 10.4 Å². The van der Waals surface area contributed by atoms with E-state index in [-0.39, 0.29) is 12.3 Å². The quantitative estimate of drug-likeness (QED) is 0.321. The van der Waals surface area contributed by atoms with E-state index < -0.39 is 0 Å². The van der Waals surface area contributed by atoms with Crippen molar-refractivity contribution < 1.29 is 14.2 Å². The van der Waals surface area contributed by atoms with Crippen molar-refractivity contribution in [2.75, 3.05) is 7.11 Å². The van der Waals surface area contributed by atoms with Crippen LogP contribution in [0.1, 0.15) is 40.3 Å². The van der Waals surface area contributed by atoms with Crippen molar-refractivity contribution >= 4 is 17.0 Å². The van der Waals surface area contributed by atoms with Gasteiger partial charge in [-0.1, -0.05) is 54.6 Å². The molecule has 6 rings (SSSR count). The lowest BCUT2D eigenvalue weighted by molar-refractivity contribution is -0.0191. The molecule has 3 aromatic carbocycles. The smallest absolute Gasteiger partial charge is 0.214 e. The number of methoxy groups -OCH3 is 1. The zero-order chi connectivity index (χ0) is 22.9. The Hall–Kier alpha value is -3.77. The van der Waals surface area contributed by atoms with Crippen LogP contribution >= 0.6 is 11.3 Å². The van der Waals surface area contributed by atoms with Crippen molar-refractivity contribution in [3.8, 4) is 17.2 Å². The normalized spacial score (nSPS) is 18.5. The highest BCUT2D eigenvalue weighted by molar-refractivity contribution is 7.12. The Kier molecular flexibility index (Phi) is 5.43. The van der Waals surface area contributed by atoms with Gasteiger partial charge in [0.25, 0.3) is 0 Å². The fourth-order valence-corrected chi connectivity index (χ4v) is 5.26. The number of para-hydroxylation sites is 1. The number of thiophene rings is 1. The standard InChI is InChI=1S/C28H24N2O3S/c1-31-26-16-20(13-14-25(26)32-18-19-8-3-2-4-9-19)28-30-23(21-10-5-6-11-24(21)33-28)17-22(29-30)27-12-7-15-34-27/h2-16,23,28H,17-18H2,1H3/t23-,28+/m1/s1. The minimum atomic E-state index is -0.352. The molecule has 3 heterocycles. The SMILES string of the molecule is COc1cc([C@@H]2Oc3ccccc3[C@H]3CC(c4cccs4)=NN32)ccc1OCc1ccccc1. The van der Waals surface area contributed by atoms with Crippen molar-refractivity contribution in [2.24, 2.45) is 5.10 Å². The average molecular weight is 469 g/mol. The Labute approximate surface area is 202 Å². The zero-order valence-corrected chi connectivity index (χ0v) is 19.6. The third-order valence-electron chi connectivity index (χ3n) is 6.21. The van der Waals surface area contributed by atoms with Gasteiger partial charge in [0.1, 0.15) is 12.4 Å². The molecule has 0 bridgehead atoms. The van der Waals surface area contributed by atoms with Gasteiger partial charge < -0.3 is 14.2 Å². The number of rotatable bonds is 6. The Morgan fingerprint density at radius 1 is 0.971 bits per heavy atom. The summed E-state index contributed by atoms with van der Waals surface area (Å²) >= 11 is 1.72. The molecule has 0 aliphatic carbocycles. The lowest BCUT2D eigenvalue weighted by Gasteiger charge is -2.38. The number of hydrogen-bond donors (Lipinski definition) is 0. The largest absolute Gasteiger partial charge is 0.493 e. The lowest BCUT2D eigenvalue weighted by atomic mass is 9.97. The second-order valence-corrected chi connectivity index (χ2v) is 9.26. The molecule has 34 heavy (non-hydrogen) atoms. The summed E-state index contributed by atoms with van der Waals surface area (Å²) in [6.07, 6.45) is 0.502.